The maximum atomic E-state index is 11.4. The van der Waals surface area contributed by atoms with Crippen molar-refractivity contribution < 1.29 is 8.42 Å². The fraction of sp³-hybridized carbons (Fsp3) is 0.800. The van der Waals surface area contributed by atoms with Crippen molar-refractivity contribution in [2.45, 2.75) is 37.9 Å². The topological polar surface area (TPSA) is 60.2 Å². The van der Waals surface area contributed by atoms with E-state index in [-0.39, 0.29) is 11.2 Å². The molecule has 14 heavy (non-hydrogen) atoms. The molecular formula is C10H19NO2S. The molecule has 0 amide bonds. The third-order valence-electron chi connectivity index (χ3n) is 2.86. The van der Waals surface area contributed by atoms with Gasteiger partial charge < -0.3 is 0 Å². The fourth-order valence-corrected chi connectivity index (χ4v) is 3.09. The third-order valence-corrected chi connectivity index (χ3v) is 4.36. The number of rotatable bonds is 6. The molecule has 0 radical (unpaired) electrons. The van der Waals surface area contributed by atoms with Crippen LogP contribution in [0.15, 0.2) is 12.7 Å². The van der Waals surface area contributed by atoms with Crippen LogP contribution in [0.3, 0.4) is 0 Å². The van der Waals surface area contributed by atoms with Gasteiger partial charge in [0.2, 0.25) is 10.0 Å². The monoisotopic (exact) mass is 217 g/mol. The largest absolute Gasteiger partial charge is 0.228 e. The van der Waals surface area contributed by atoms with Gasteiger partial charge in [-0.1, -0.05) is 25.8 Å². The summed E-state index contributed by atoms with van der Waals surface area (Å²) in [5, 5.41) is 4.84. The molecule has 1 aliphatic carbocycles. The van der Waals surface area contributed by atoms with Gasteiger partial charge in [-0.2, -0.15) is 0 Å². The Labute approximate surface area is 86.4 Å². The smallest absolute Gasteiger partial charge is 0.212 e. The van der Waals surface area contributed by atoms with Crippen LogP contribution in [0, 0.1) is 11.8 Å². The summed E-state index contributed by atoms with van der Waals surface area (Å²) in [6, 6.07) is 0. The van der Waals surface area contributed by atoms with E-state index >= 15 is 0 Å². The van der Waals surface area contributed by atoms with E-state index in [0.29, 0.717) is 12.3 Å². The van der Waals surface area contributed by atoms with Crippen molar-refractivity contribution >= 4 is 10.0 Å². The molecular weight excluding hydrogens is 198 g/mol. The molecule has 2 N–H and O–H groups in total. The van der Waals surface area contributed by atoms with E-state index in [1.165, 1.54) is 0 Å². The molecule has 2 atom stereocenters. The molecule has 0 aliphatic heterocycles. The van der Waals surface area contributed by atoms with Crippen LogP contribution >= 0.6 is 0 Å². The van der Waals surface area contributed by atoms with Gasteiger partial charge in [0.25, 0.3) is 0 Å². The highest BCUT2D eigenvalue weighted by Gasteiger charge is 2.34. The molecule has 0 spiro atoms. The van der Waals surface area contributed by atoms with Crippen LogP contribution in [-0.4, -0.2) is 13.7 Å². The highest BCUT2D eigenvalue weighted by Crippen LogP contribution is 2.37. The predicted octanol–water partition coefficient (Wildman–Crippen LogP) is 1.66. The quantitative estimate of drug-likeness (QED) is 0.688. The van der Waals surface area contributed by atoms with Gasteiger partial charge in [-0.3, -0.25) is 0 Å². The summed E-state index contributed by atoms with van der Waals surface area (Å²) in [7, 11) is -3.39. The fourth-order valence-electron chi connectivity index (χ4n) is 1.79. The van der Waals surface area contributed by atoms with Gasteiger partial charge >= 0.3 is 0 Å². The minimum Gasteiger partial charge on any atom is -0.228 e. The first-order chi connectivity index (χ1) is 6.45. The maximum absolute atomic E-state index is 11.4. The first-order valence-electron chi connectivity index (χ1n) is 5.07. The number of allylic oxidation sites excluding steroid dienone is 1. The van der Waals surface area contributed by atoms with Crippen molar-refractivity contribution in [2.24, 2.45) is 17.0 Å². The number of hydrogen-bond donors (Lipinski definition) is 1. The summed E-state index contributed by atoms with van der Waals surface area (Å²) >= 11 is 0. The number of sulfonamides is 1. The minimum absolute atomic E-state index is 0.0862. The van der Waals surface area contributed by atoms with E-state index in [2.05, 4.69) is 6.58 Å². The lowest BCUT2D eigenvalue weighted by atomic mass is 9.99. The zero-order valence-corrected chi connectivity index (χ0v) is 9.46. The lowest BCUT2D eigenvalue weighted by molar-refractivity contribution is 0.473. The van der Waals surface area contributed by atoms with Gasteiger partial charge in [0.05, 0.1) is 5.25 Å². The second-order valence-electron chi connectivity index (χ2n) is 4.31. The van der Waals surface area contributed by atoms with Crippen molar-refractivity contribution in [2.75, 3.05) is 0 Å². The zero-order valence-electron chi connectivity index (χ0n) is 8.65. The van der Waals surface area contributed by atoms with Crippen molar-refractivity contribution in [1.82, 2.24) is 0 Å². The second kappa shape index (κ2) is 4.45. The van der Waals surface area contributed by atoms with Gasteiger partial charge in [0.1, 0.15) is 0 Å². The molecule has 1 rings (SSSR count). The van der Waals surface area contributed by atoms with Crippen LogP contribution in [0.2, 0.25) is 0 Å². The maximum Gasteiger partial charge on any atom is 0.212 e. The average Bonchev–Trinajstić information content (AvgIpc) is 2.81. The molecule has 0 saturated heterocycles. The Balaban J connectivity index is 2.64. The summed E-state index contributed by atoms with van der Waals surface area (Å²) in [4.78, 5) is 0. The van der Waals surface area contributed by atoms with Gasteiger partial charge in [-0.25, -0.2) is 13.6 Å². The number of primary sulfonamides is 1. The van der Waals surface area contributed by atoms with Crippen LogP contribution in [0.1, 0.15) is 32.6 Å². The molecule has 0 aromatic heterocycles. The SMILES string of the molecule is C=CC[C@@H](C)C(CC1CC1)S(N)(=O)=O. The summed E-state index contributed by atoms with van der Waals surface area (Å²) in [6.45, 7) is 5.55. The Morgan fingerprint density at radius 3 is 2.50 bits per heavy atom. The van der Waals surface area contributed by atoms with Crippen LogP contribution in [0.5, 0.6) is 0 Å². The van der Waals surface area contributed by atoms with Gasteiger partial charge in [0.15, 0.2) is 0 Å². The highest BCUT2D eigenvalue weighted by molar-refractivity contribution is 7.89. The molecule has 0 aromatic rings. The lowest BCUT2D eigenvalue weighted by Crippen LogP contribution is -2.34. The van der Waals surface area contributed by atoms with Gasteiger partial charge in [-0.15, -0.1) is 6.58 Å². The van der Waals surface area contributed by atoms with E-state index in [0.717, 1.165) is 19.3 Å². The van der Waals surface area contributed by atoms with Crippen molar-refractivity contribution in [3.8, 4) is 0 Å². The zero-order chi connectivity index (χ0) is 10.8. The molecule has 0 aromatic carbocycles. The molecule has 0 heterocycles. The molecule has 0 bridgehead atoms. The Bertz CT molecular complexity index is 293. The Hall–Kier alpha value is -0.350. The van der Waals surface area contributed by atoms with E-state index in [4.69, 9.17) is 5.14 Å². The lowest BCUT2D eigenvalue weighted by Gasteiger charge is -2.20. The van der Waals surface area contributed by atoms with E-state index < -0.39 is 10.0 Å². The predicted molar refractivity (Wildman–Crippen MR) is 58.2 cm³/mol. The van der Waals surface area contributed by atoms with Gasteiger partial charge in [0, 0.05) is 0 Å². The molecule has 1 unspecified atom stereocenters. The Morgan fingerprint density at radius 1 is 1.57 bits per heavy atom. The molecule has 3 nitrogen and oxygen atoms in total. The summed E-state index contributed by atoms with van der Waals surface area (Å²) < 4.78 is 22.7. The minimum atomic E-state index is -3.39. The molecule has 1 fully saturated rings. The first-order valence-corrected chi connectivity index (χ1v) is 6.68. The van der Waals surface area contributed by atoms with Crippen LogP contribution < -0.4 is 5.14 Å². The third kappa shape index (κ3) is 3.42. The molecule has 82 valence electrons. The molecule has 1 aliphatic rings. The Morgan fingerprint density at radius 2 is 2.14 bits per heavy atom. The van der Waals surface area contributed by atoms with Crippen molar-refractivity contribution in [3.63, 3.8) is 0 Å². The normalized spacial score (nSPS) is 21.6. The number of hydrogen-bond acceptors (Lipinski definition) is 2. The first kappa shape index (κ1) is 11.7. The van der Waals surface area contributed by atoms with E-state index in [9.17, 15) is 8.42 Å². The highest BCUT2D eigenvalue weighted by atomic mass is 32.2. The summed E-state index contributed by atoms with van der Waals surface area (Å²) in [5.41, 5.74) is 0. The van der Waals surface area contributed by atoms with Crippen molar-refractivity contribution in [3.05, 3.63) is 12.7 Å². The van der Waals surface area contributed by atoms with Crippen LogP contribution in [-0.2, 0) is 10.0 Å². The average molecular weight is 217 g/mol. The molecule has 1 saturated carbocycles. The number of nitrogens with two attached hydrogens (primary N) is 1. The van der Waals surface area contributed by atoms with Crippen LogP contribution in [0.25, 0.3) is 0 Å². The van der Waals surface area contributed by atoms with Gasteiger partial charge in [-0.05, 0) is 24.7 Å². The van der Waals surface area contributed by atoms with E-state index in [1.54, 1.807) is 6.08 Å². The summed E-state index contributed by atoms with van der Waals surface area (Å²) in [5.74, 6) is 0.675. The standard InChI is InChI=1S/C10H19NO2S/c1-3-4-8(2)10(14(11,12)13)7-9-5-6-9/h3,8-10H,1,4-7H2,2H3,(H2,11,12,13)/t8-,10?/m1/s1. The van der Waals surface area contributed by atoms with Crippen molar-refractivity contribution in [1.29, 1.82) is 0 Å². The molecule has 4 heteroatoms. The van der Waals surface area contributed by atoms with E-state index in [1.807, 2.05) is 6.92 Å². The summed E-state index contributed by atoms with van der Waals surface area (Å²) in [6.07, 6.45) is 5.52. The van der Waals surface area contributed by atoms with Crippen LogP contribution in [0.4, 0.5) is 0 Å². The second-order valence-corrected chi connectivity index (χ2v) is 6.09. The Kier molecular flexibility index (Phi) is 3.72.